The van der Waals surface area contributed by atoms with Crippen LogP contribution >= 0.6 is 11.3 Å². The van der Waals surface area contributed by atoms with Crippen LogP contribution in [0.4, 0.5) is 5.69 Å². The molecule has 2 aromatic heterocycles. The zero-order valence-corrected chi connectivity index (χ0v) is 14.2. The van der Waals surface area contributed by atoms with Crippen molar-refractivity contribution >= 4 is 22.9 Å². The molecule has 0 aliphatic heterocycles. The fraction of sp³-hybridized carbons (Fsp3) is 0.278. The zero-order valence-electron chi connectivity index (χ0n) is 13.4. The Morgan fingerprint density at radius 2 is 2.08 bits per heavy atom. The molecule has 2 N–H and O–H groups in total. The van der Waals surface area contributed by atoms with E-state index in [2.05, 4.69) is 20.5 Å². The van der Waals surface area contributed by atoms with Crippen molar-refractivity contribution in [3.8, 4) is 11.3 Å². The van der Waals surface area contributed by atoms with Gasteiger partial charge in [-0.25, -0.2) is 4.98 Å². The summed E-state index contributed by atoms with van der Waals surface area (Å²) >= 11 is 1.52. The first-order chi connectivity index (χ1) is 11.7. The fourth-order valence-electron chi connectivity index (χ4n) is 2.66. The number of nitrogens with one attached hydrogen (secondary N) is 2. The number of aryl methyl sites for hydroxylation is 1. The summed E-state index contributed by atoms with van der Waals surface area (Å²) in [6, 6.07) is 9.63. The highest BCUT2D eigenvalue weighted by Crippen LogP contribution is 2.34. The number of hydrogen-bond donors (Lipinski definition) is 2. The first-order valence-electron chi connectivity index (χ1n) is 8.06. The van der Waals surface area contributed by atoms with Gasteiger partial charge >= 0.3 is 0 Å². The van der Waals surface area contributed by atoms with Gasteiger partial charge in [-0.2, -0.15) is 5.10 Å². The molecule has 0 saturated heterocycles. The van der Waals surface area contributed by atoms with Gasteiger partial charge in [-0.1, -0.05) is 12.1 Å². The molecule has 1 saturated carbocycles. The van der Waals surface area contributed by atoms with Crippen molar-refractivity contribution in [2.45, 2.75) is 26.2 Å². The maximum Gasteiger partial charge on any atom is 0.267 e. The van der Waals surface area contributed by atoms with Crippen LogP contribution in [0.5, 0.6) is 0 Å². The number of hydrogen-bond acceptors (Lipinski definition) is 4. The molecule has 122 valence electrons. The third-order valence-electron chi connectivity index (χ3n) is 4.16. The van der Waals surface area contributed by atoms with E-state index in [1.807, 2.05) is 37.3 Å². The lowest BCUT2D eigenvalue weighted by Crippen LogP contribution is -2.11. The van der Waals surface area contributed by atoms with E-state index in [1.165, 1.54) is 24.2 Å². The number of amides is 1. The number of H-pyrrole nitrogens is 1. The van der Waals surface area contributed by atoms with E-state index in [4.69, 9.17) is 0 Å². The number of aromatic amines is 1. The van der Waals surface area contributed by atoms with Crippen LogP contribution in [-0.4, -0.2) is 21.1 Å². The number of carbonyl (C=O) groups is 1. The number of anilines is 1. The maximum absolute atomic E-state index is 12.5. The summed E-state index contributed by atoms with van der Waals surface area (Å²) < 4.78 is 0. The molecule has 6 heteroatoms. The standard InChI is InChI=1S/C18H18N4OS/c1-11-17(24-16(20-11)10-12-2-3-12)18(23)21-14-6-4-13(5-7-14)15-8-9-19-22-15/h4-9,12H,2-3,10H2,1H3,(H,19,22)(H,21,23). The summed E-state index contributed by atoms with van der Waals surface area (Å²) in [5.74, 6) is 0.697. The summed E-state index contributed by atoms with van der Waals surface area (Å²) in [6.07, 6.45) is 5.32. The summed E-state index contributed by atoms with van der Waals surface area (Å²) in [5, 5.41) is 10.9. The highest BCUT2D eigenvalue weighted by molar-refractivity contribution is 7.13. The van der Waals surface area contributed by atoms with Gasteiger partial charge in [0.1, 0.15) is 4.88 Å². The largest absolute Gasteiger partial charge is 0.321 e. The predicted octanol–water partition coefficient (Wildman–Crippen LogP) is 4.05. The molecule has 0 bridgehead atoms. The molecule has 1 fully saturated rings. The smallest absolute Gasteiger partial charge is 0.267 e. The summed E-state index contributed by atoms with van der Waals surface area (Å²) in [6.45, 7) is 1.91. The average molecular weight is 338 g/mol. The molecule has 0 radical (unpaired) electrons. The Morgan fingerprint density at radius 1 is 1.29 bits per heavy atom. The van der Waals surface area contributed by atoms with Crippen LogP contribution in [0.2, 0.25) is 0 Å². The molecule has 2 heterocycles. The van der Waals surface area contributed by atoms with Crippen LogP contribution in [0.25, 0.3) is 11.3 Å². The molecule has 0 unspecified atom stereocenters. The lowest BCUT2D eigenvalue weighted by molar-refractivity contribution is 0.103. The molecule has 24 heavy (non-hydrogen) atoms. The van der Waals surface area contributed by atoms with E-state index in [0.717, 1.165) is 40.0 Å². The van der Waals surface area contributed by atoms with E-state index in [0.29, 0.717) is 4.88 Å². The maximum atomic E-state index is 12.5. The van der Waals surface area contributed by atoms with Crippen molar-refractivity contribution in [1.82, 2.24) is 15.2 Å². The van der Waals surface area contributed by atoms with Crippen molar-refractivity contribution < 1.29 is 4.79 Å². The Balaban J connectivity index is 1.46. The van der Waals surface area contributed by atoms with Gasteiger partial charge in [-0.3, -0.25) is 9.89 Å². The van der Waals surface area contributed by atoms with Crippen molar-refractivity contribution in [2.75, 3.05) is 5.32 Å². The van der Waals surface area contributed by atoms with Gasteiger partial charge in [-0.05, 0) is 49.4 Å². The second-order valence-electron chi connectivity index (χ2n) is 6.17. The molecule has 0 spiro atoms. The SMILES string of the molecule is Cc1nc(CC2CC2)sc1C(=O)Nc1ccc(-c2ccn[nH]2)cc1. The molecule has 1 amide bonds. The fourth-order valence-corrected chi connectivity index (χ4v) is 3.73. The second-order valence-corrected chi connectivity index (χ2v) is 7.26. The number of aromatic nitrogens is 3. The summed E-state index contributed by atoms with van der Waals surface area (Å²) in [7, 11) is 0. The molecule has 0 atom stereocenters. The lowest BCUT2D eigenvalue weighted by atomic mass is 10.1. The lowest BCUT2D eigenvalue weighted by Gasteiger charge is -2.05. The third-order valence-corrected chi connectivity index (χ3v) is 5.34. The number of benzene rings is 1. The Hall–Kier alpha value is -2.47. The topological polar surface area (TPSA) is 70.7 Å². The number of nitrogens with zero attached hydrogens (tertiary/aromatic N) is 2. The van der Waals surface area contributed by atoms with Gasteiger partial charge in [0.05, 0.1) is 16.4 Å². The highest BCUT2D eigenvalue weighted by atomic mass is 32.1. The molecular formula is C18H18N4OS. The van der Waals surface area contributed by atoms with Crippen LogP contribution in [0, 0.1) is 12.8 Å². The molecule has 5 nitrogen and oxygen atoms in total. The van der Waals surface area contributed by atoms with Crippen molar-refractivity contribution in [3.63, 3.8) is 0 Å². The second kappa shape index (κ2) is 6.20. The first-order valence-corrected chi connectivity index (χ1v) is 8.88. The van der Waals surface area contributed by atoms with E-state index in [1.54, 1.807) is 6.20 Å². The van der Waals surface area contributed by atoms with Crippen molar-refractivity contribution in [1.29, 1.82) is 0 Å². The Bertz CT molecular complexity index is 848. The van der Waals surface area contributed by atoms with Crippen LogP contribution in [0.1, 0.15) is 33.2 Å². The molecule has 1 aliphatic rings. The van der Waals surface area contributed by atoms with Gasteiger partial charge in [0.2, 0.25) is 0 Å². The normalized spacial score (nSPS) is 13.9. The van der Waals surface area contributed by atoms with Gasteiger partial charge in [0, 0.05) is 18.3 Å². The van der Waals surface area contributed by atoms with Crippen LogP contribution in [0.3, 0.4) is 0 Å². The van der Waals surface area contributed by atoms with E-state index < -0.39 is 0 Å². The molecule has 1 aromatic carbocycles. The monoisotopic (exact) mass is 338 g/mol. The van der Waals surface area contributed by atoms with Gasteiger partial charge < -0.3 is 5.32 Å². The summed E-state index contributed by atoms with van der Waals surface area (Å²) in [5.41, 5.74) is 3.59. The highest BCUT2D eigenvalue weighted by Gasteiger charge is 2.24. The van der Waals surface area contributed by atoms with Crippen molar-refractivity contribution in [2.24, 2.45) is 5.92 Å². The zero-order chi connectivity index (χ0) is 16.5. The minimum absolute atomic E-state index is 0.0821. The molecule has 4 rings (SSSR count). The van der Waals surface area contributed by atoms with E-state index >= 15 is 0 Å². The van der Waals surface area contributed by atoms with Crippen LogP contribution < -0.4 is 5.32 Å². The Labute approximate surface area is 144 Å². The Morgan fingerprint density at radius 3 is 2.75 bits per heavy atom. The van der Waals surface area contributed by atoms with Crippen LogP contribution in [0.15, 0.2) is 36.5 Å². The van der Waals surface area contributed by atoms with E-state index in [-0.39, 0.29) is 5.91 Å². The quantitative estimate of drug-likeness (QED) is 0.737. The third kappa shape index (κ3) is 3.23. The summed E-state index contributed by atoms with van der Waals surface area (Å²) in [4.78, 5) is 17.8. The minimum Gasteiger partial charge on any atom is -0.321 e. The average Bonchev–Trinajstić information content (AvgIpc) is 3.08. The molecule has 1 aliphatic carbocycles. The van der Waals surface area contributed by atoms with Gasteiger partial charge in [0.15, 0.2) is 0 Å². The molecule has 3 aromatic rings. The number of thiazole rings is 1. The van der Waals surface area contributed by atoms with Crippen molar-refractivity contribution in [3.05, 3.63) is 52.1 Å². The van der Waals surface area contributed by atoms with Gasteiger partial charge in [-0.15, -0.1) is 11.3 Å². The van der Waals surface area contributed by atoms with Gasteiger partial charge in [0.25, 0.3) is 5.91 Å². The minimum atomic E-state index is -0.0821. The number of carbonyl (C=O) groups excluding carboxylic acids is 1. The Kier molecular flexibility index (Phi) is 3.90. The van der Waals surface area contributed by atoms with Crippen LogP contribution in [-0.2, 0) is 6.42 Å². The predicted molar refractivity (Wildman–Crippen MR) is 95.3 cm³/mol. The van der Waals surface area contributed by atoms with E-state index in [9.17, 15) is 4.79 Å². The molecular weight excluding hydrogens is 320 g/mol. The first kappa shape index (κ1) is 15.1. The number of rotatable bonds is 5.